The molecule has 0 saturated heterocycles. The molecule has 0 aromatic heterocycles. The molecule has 0 heterocycles. The molecular weight excluding hydrogens is 907 g/mol. The standard InChI is InChI=1S/C60H93N3O9/c1-7-13-19-22-25-28-34-67-52-37-46-49(40-55(52)70-43-58(64)61-31-16-10-4)47-38-53(68-35-29-26-23-20-14-8-2)57(72-45-60(66)63-33-18-12-6)42-51(47)48-39-54(69-36-30-27-24-21-15-9-3)56(41-50(46)48)71-44-59(65)62-32-17-11-5/h37-42H,7-36,43-45H2,1-6H3,(H,61,64)(H,62,65)(H,63,66). The Morgan fingerprint density at radius 3 is 0.736 bits per heavy atom. The maximum atomic E-state index is 13.1. The molecule has 3 N–H and O–H groups in total. The summed E-state index contributed by atoms with van der Waals surface area (Å²) in [4.78, 5) is 39.4. The minimum atomic E-state index is -0.200. The van der Waals surface area contributed by atoms with E-state index in [4.69, 9.17) is 28.4 Å². The lowest BCUT2D eigenvalue weighted by molar-refractivity contribution is -0.123. The van der Waals surface area contributed by atoms with Gasteiger partial charge in [0.15, 0.2) is 54.3 Å². The predicted octanol–water partition coefficient (Wildman–Crippen LogP) is 14.2. The summed E-state index contributed by atoms with van der Waals surface area (Å²) in [7, 11) is 0. The maximum absolute atomic E-state index is 13.1. The molecule has 0 bridgehead atoms. The zero-order valence-corrected chi connectivity index (χ0v) is 45.5. The van der Waals surface area contributed by atoms with E-state index in [1.807, 2.05) is 36.4 Å². The smallest absolute Gasteiger partial charge is 0.257 e. The zero-order valence-electron chi connectivity index (χ0n) is 45.5. The molecule has 72 heavy (non-hydrogen) atoms. The van der Waals surface area contributed by atoms with Gasteiger partial charge in [0.25, 0.3) is 17.7 Å². The Bertz CT molecular complexity index is 1920. The highest BCUT2D eigenvalue weighted by Gasteiger charge is 2.22. The van der Waals surface area contributed by atoms with Crippen LogP contribution in [0.25, 0.3) is 32.3 Å². The molecule has 12 nitrogen and oxygen atoms in total. The summed E-state index contributed by atoms with van der Waals surface area (Å²) in [5.74, 6) is 2.37. The molecule has 0 atom stereocenters. The second-order valence-electron chi connectivity index (χ2n) is 19.4. The van der Waals surface area contributed by atoms with E-state index in [-0.39, 0.29) is 37.5 Å². The first kappa shape index (κ1) is 59.4. The number of rotatable bonds is 42. The largest absolute Gasteiger partial charge is 0.490 e. The van der Waals surface area contributed by atoms with Crippen LogP contribution in [0.3, 0.4) is 0 Å². The molecule has 0 spiro atoms. The Balaban J connectivity index is 1.96. The number of unbranched alkanes of at least 4 members (excludes halogenated alkanes) is 18. The number of hydrogen-bond donors (Lipinski definition) is 3. The van der Waals surface area contributed by atoms with Crippen molar-refractivity contribution in [1.82, 2.24) is 16.0 Å². The Hall–Kier alpha value is -5.13. The molecule has 0 aliphatic carbocycles. The van der Waals surface area contributed by atoms with Crippen molar-refractivity contribution in [3.63, 3.8) is 0 Å². The highest BCUT2D eigenvalue weighted by molar-refractivity contribution is 6.27. The second-order valence-corrected chi connectivity index (χ2v) is 19.4. The average molecular weight is 1000 g/mol. The van der Waals surface area contributed by atoms with Crippen LogP contribution in [-0.4, -0.2) is 77.0 Å². The van der Waals surface area contributed by atoms with Gasteiger partial charge in [-0.25, -0.2) is 0 Å². The molecule has 0 aliphatic heterocycles. The van der Waals surface area contributed by atoms with Gasteiger partial charge in [-0.2, -0.15) is 0 Å². The minimum absolute atomic E-state index is 0.170. The van der Waals surface area contributed by atoms with Crippen LogP contribution in [0.1, 0.15) is 196 Å². The van der Waals surface area contributed by atoms with Gasteiger partial charge in [0.05, 0.1) is 19.8 Å². The van der Waals surface area contributed by atoms with Crippen LogP contribution >= 0.6 is 0 Å². The van der Waals surface area contributed by atoms with Crippen LogP contribution < -0.4 is 44.4 Å². The highest BCUT2D eigenvalue weighted by atomic mass is 16.5. The fourth-order valence-corrected chi connectivity index (χ4v) is 8.68. The summed E-state index contributed by atoms with van der Waals surface area (Å²) in [5.41, 5.74) is 0. The number of carbonyl (C=O) groups is 3. The van der Waals surface area contributed by atoms with E-state index in [0.29, 0.717) is 74.0 Å². The van der Waals surface area contributed by atoms with Gasteiger partial charge in [-0.1, -0.05) is 157 Å². The van der Waals surface area contributed by atoms with E-state index >= 15 is 0 Å². The first-order chi connectivity index (χ1) is 35.3. The van der Waals surface area contributed by atoms with E-state index in [9.17, 15) is 14.4 Å². The van der Waals surface area contributed by atoms with Crippen LogP contribution in [0.2, 0.25) is 0 Å². The second kappa shape index (κ2) is 35.9. The Morgan fingerprint density at radius 2 is 0.500 bits per heavy atom. The van der Waals surface area contributed by atoms with Crippen molar-refractivity contribution in [2.75, 3.05) is 59.3 Å². The Kier molecular flexibility index (Phi) is 29.6. The fraction of sp³-hybridized carbons (Fsp3) is 0.650. The van der Waals surface area contributed by atoms with E-state index in [1.165, 1.54) is 57.8 Å². The topological polar surface area (TPSA) is 143 Å². The zero-order chi connectivity index (χ0) is 51.6. The summed E-state index contributed by atoms with van der Waals surface area (Å²) < 4.78 is 39.0. The van der Waals surface area contributed by atoms with Crippen LogP contribution in [0.4, 0.5) is 0 Å². The van der Waals surface area contributed by atoms with E-state index < -0.39 is 0 Å². The predicted molar refractivity (Wildman–Crippen MR) is 296 cm³/mol. The van der Waals surface area contributed by atoms with Crippen molar-refractivity contribution in [2.45, 2.75) is 196 Å². The Morgan fingerprint density at radius 1 is 0.292 bits per heavy atom. The lowest BCUT2D eigenvalue weighted by Crippen LogP contribution is -2.29. The lowest BCUT2D eigenvalue weighted by Gasteiger charge is -2.20. The molecule has 0 unspecified atom stereocenters. The van der Waals surface area contributed by atoms with E-state index in [1.54, 1.807) is 0 Å². The molecule has 12 heteroatoms. The molecule has 0 saturated carbocycles. The SMILES string of the molecule is CCCCCCCCOc1cc2c(cc1OCC(=O)NCCCC)c1cc(OCCCCCCCC)c(OCC(=O)NCCCC)cc1c1cc(OCCCCCCCC)c(OCC(=O)NCCCC)cc21. The van der Waals surface area contributed by atoms with Gasteiger partial charge in [0.1, 0.15) is 0 Å². The number of amides is 3. The molecule has 402 valence electrons. The molecule has 4 aromatic rings. The van der Waals surface area contributed by atoms with Gasteiger partial charge < -0.3 is 44.4 Å². The molecular formula is C60H93N3O9. The van der Waals surface area contributed by atoms with Crippen LogP contribution in [0, 0.1) is 0 Å². The number of fused-ring (bicyclic) bond motifs is 6. The average Bonchev–Trinajstić information content (AvgIpc) is 3.38. The van der Waals surface area contributed by atoms with Gasteiger partial charge in [0, 0.05) is 19.6 Å². The van der Waals surface area contributed by atoms with E-state index in [0.717, 1.165) is 129 Å². The quantitative estimate of drug-likeness (QED) is 0.0292. The number of carbonyl (C=O) groups excluding carboxylic acids is 3. The maximum Gasteiger partial charge on any atom is 0.257 e. The summed E-state index contributed by atoms with van der Waals surface area (Å²) in [6.45, 7) is 15.6. The minimum Gasteiger partial charge on any atom is -0.490 e. The van der Waals surface area contributed by atoms with Crippen molar-refractivity contribution >= 4 is 50.0 Å². The van der Waals surface area contributed by atoms with Crippen molar-refractivity contribution in [2.24, 2.45) is 0 Å². The molecule has 0 fully saturated rings. The summed E-state index contributed by atoms with van der Waals surface area (Å²) >= 11 is 0. The van der Waals surface area contributed by atoms with Gasteiger partial charge in [-0.05, 0) is 107 Å². The third-order valence-corrected chi connectivity index (χ3v) is 13.0. The number of benzene rings is 4. The third-order valence-electron chi connectivity index (χ3n) is 13.0. The van der Waals surface area contributed by atoms with Crippen molar-refractivity contribution in [1.29, 1.82) is 0 Å². The van der Waals surface area contributed by atoms with E-state index in [2.05, 4.69) is 57.5 Å². The first-order valence-corrected chi connectivity index (χ1v) is 28.4. The van der Waals surface area contributed by atoms with Crippen LogP contribution in [0.15, 0.2) is 36.4 Å². The normalized spacial score (nSPS) is 11.2. The van der Waals surface area contributed by atoms with Crippen molar-refractivity contribution in [3.05, 3.63) is 36.4 Å². The lowest BCUT2D eigenvalue weighted by atomic mass is 9.93. The van der Waals surface area contributed by atoms with Crippen molar-refractivity contribution < 1.29 is 42.8 Å². The third kappa shape index (κ3) is 21.1. The number of hydrogen-bond acceptors (Lipinski definition) is 9. The molecule has 0 radical (unpaired) electrons. The summed E-state index contributed by atoms with van der Waals surface area (Å²) in [6, 6.07) is 11.9. The first-order valence-electron chi connectivity index (χ1n) is 28.4. The number of ether oxygens (including phenoxy) is 6. The van der Waals surface area contributed by atoms with Crippen LogP contribution in [-0.2, 0) is 14.4 Å². The molecule has 0 aliphatic rings. The van der Waals surface area contributed by atoms with Gasteiger partial charge in [-0.3, -0.25) is 14.4 Å². The van der Waals surface area contributed by atoms with Gasteiger partial charge in [-0.15, -0.1) is 0 Å². The van der Waals surface area contributed by atoms with Gasteiger partial charge in [0.2, 0.25) is 0 Å². The summed E-state index contributed by atoms with van der Waals surface area (Å²) in [5, 5.41) is 14.0. The fourth-order valence-electron chi connectivity index (χ4n) is 8.68. The number of nitrogens with one attached hydrogen (secondary N) is 3. The summed E-state index contributed by atoms with van der Waals surface area (Å²) in [6.07, 6.45) is 25.6. The van der Waals surface area contributed by atoms with Gasteiger partial charge >= 0.3 is 0 Å². The monoisotopic (exact) mass is 1000 g/mol. The molecule has 3 amide bonds. The van der Waals surface area contributed by atoms with Crippen LogP contribution in [0.5, 0.6) is 34.5 Å². The molecule has 4 rings (SSSR count). The highest BCUT2D eigenvalue weighted by Crippen LogP contribution is 2.47. The molecule has 4 aromatic carbocycles. The Labute approximate surface area is 433 Å². The van der Waals surface area contributed by atoms with Crippen molar-refractivity contribution in [3.8, 4) is 34.5 Å².